The van der Waals surface area contributed by atoms with Crippen molar-refractivity contribution >= 4 is 11.9 Å². The average molecular weight is 332 g/mol. The maximum atomic E-state index is 12.2. The molecule has 132 valence electrons. The van der Waals surface area contributed by atoms with E-state index in [1.165, 1.54) is 11.1 Å². The summed E-state index contributed by atoms with van der Waals surface area (Å²) in [6.07, 6.45) is 2.10. The van der Waals surface area contributed by atoms with Gasteiger partial charge < -0.3 is 16.0 Å². The predicted molar refractivity (Wildman–Crippen MR) is 94.5 cm³/mol. The molecule has 0 spiro atoms. The van der Waals surface area contributed by atoms with E-state index in [1.54, 1.807) is 0 Å². The highest BCUT2D eigenvalue weighted by molar-refractivity contribution is 5.76. The molecule has 0 saturated carbocycles. The highest BCUT2D eigenvalue weighted by Crippen LogP contribution is 2.11. The number of urea groups is 1. The minimum atomic E-state index is -0.508. The molecule has 1 aromatic carbocycles. The van der Waals surface area contributed by atoms with E-state index in [2.05, 4.69) is 41.4 Å². The number of unbranched alkanes of at least 4 members (excludes halogenated alkanes) is 1. The lowest BCUT2D eigenvalue weighted by Crippen LogP contribution is -2.48. The molecule has 24 heavy (non-hydrogen) atoms. The maximum Gasteiger partial charge on any atom is 0.312 e. The van der Waals surface area contributed by atoms with E-state index in [-0.39, 0.29) is 5.91 Å². The Hall–Kier alpha value is -2.08. The lowest BCUT2D eigenvalue weighted by molar-refractivity contribution is -0.133. The van der Waals surface area contributed by atoms with Gasteiger partial charge in [-0.15, -0.1) is 0 Å². The summed E-state index contributed by atoms with van der Waals surface area (Å²) in [5.74, 6) is 0.212. The molecule has 1 fully saturated rings. The van der Waals surface area contributed by atoms with Gasteiger partial charge in [0.1, 0.15) is 0 Å². The van der Waals surface area contributed by atoms with Crippen molar-refractivity contribution in [2.45, 2.75) is 32.7 Å². The third-order valence-corrected chi connectivity index (χ3v) is 4.33. The Kier molecular flexibility index (Phi) is 7.06. The number of carbonyl (C=O) groups excluding carboxylic acids is 2. The fourth-order valence-electron chi connectivity index (χ4n) is 3.00. The van der Waals surface area contributed by atoms with Crippen molar-refractivity contribution < 1.29 is 9.59 Å². The first-order chi connectivity index (χ1) is 11.5. The summed E-state index contributed by atoms with van der Waals surface area (Å²) in [5.41, 5.74) is 7.61. The van der Waals surface area contributed by atoms with Gasteiger partial charge in [-0.3, -0.25) is 9.69 Å². The van der Waals surface area contributed by atoms with Gasteiger partial charge in [0.25, 0.3) is 0 Å². The summed E-state index contributed by atoms with van der Waals surface area (Å²) in [6.45, 7) is 7.02. The Morgan fingerprint density at radius 1 is 1.17 bits per heavy atom. The number of hydrogen-bond acceptors (Lipinski definition) is 3. The number of nitrogens with two attached hydrogens (primary N) is 1. The van der Waals surface area contributed by atoms with Gasteiger partial charge in [0, 0.05) is 45.7 Å². The number of piperazine rings is 1. The summed E-state index contributed by atoms with van der Waals surface area (Å²) >= 11 is 0. The predicted octanol–water partition coefficient (Wildman–Crippen LogP) is 1.48. The van der Waals surface area contributed by atoms with Crippen LogP contribution in [-0.2, 0) is 11.3 Å². The van der Waals surface area contributed by atoms with Crippen molar-refractivity contribution in [3.8, 4) is 0 Å². The van der Waals surface area contributed by atoms with Gasteiger partial charge in [-0.1, -0.05) is 29.8 Å². The molecular formula is C18H28N4O2. The molecule has 6 nitrogen and oxygen atoms in total. The fourth-order valence-corrected chi connectivity index (χ4v) is 3.00. The highest BCUT2D eigenvalue weighted by Gasteiger charge is 2.20. The number of nitrogens with zero attached hydrogens (tertiary/aromatic N) is 2. The van der Waals surface area contributed by atoms with Gasteiger partial charge >= 0.3 is 6.03 Å². The second-order valence-electron chi connectivity index (χ2n) is 6.39. The lowest BCUT2D eigenvalue weighted by atomic mass is 10.1. The number of aryl methyl sites for hydroxylation is 1. The van der Waals surface area contributed by atoms with Crippen LogP contribution < -0.4 is 11.1 Å². The monoisotopic (exact) mass is 332 g/mol. The first-order valence-corrected chi connectivity index (χ1v) is 8.63. The molecule has 0 unspecified atom stereocenters. The molecule has 3 amide bonds. The molecule has 0 aromatic heterocycles. The van der Waals surface area contributed by atoms with Gasteiger partial charge in [0.15, 0.2) is 0 Å². The van der Waals surface area contributed by atoms with Crippen LogP contribution in [0.5, 0.6) is 0 Å². The zero-order chi connectivity index (χ0) is 17.4. The van der Waals surface area contributed by atoms with Gasteiger partial charge in [0.05, 0.1) is 0 Å². The van der Waals surface area contributed by atoms with Gasteiger partial charge in [-0.25, -0.2) is 4.79 Å². The number of carbonyl (C=O) groups is 2. The zero-order valence-corrected chi connectivity index (χ0v) is 14.5. The number of rotatable bonds is 7. The van der Waals surface area contributed by atoms with Crippen LogP contribution in [0.4, 0.5) is 4.79 Å². The Morgan fingerprint density at radius 2 is 1.92 bits per heavy atom. The van der Waals surface area contributed by atoms with Crippen LogP contribution in [0.2, 0.25) is 0 Å². The molecular weight excluding hydrogens is 304 g/mol. The molecule has 2 rings (SSSR count). The highest BCUT2D eigenvalue weighted by atomic mass is 16.2. The van der Waals surface area contributed by atoms with Crippen LogP contribution in [0.1, 0.15) is 30.4 Å². The molecule has 1 aromatic rings. The Morgan fingerprint density at radius 3 is 2.58 bits per heavy atom. The topological polar surface area (TPSA) is 78.7 Å². The van der Waals surface area contributed by atoms with Crippen molar-refractivity contribution in [1.29, 1.82) is 0 Å². The van der Waals surface area contributed by atoms with Crippen LogP contribution in [0, 0.1) is 6.92 Å². The first-order valence-electron chi connectivity index (χ1n) is 8.63. The van der Waals surface area contributed by atoms with E-state index < -0.39 is 6.03 Å². The third-order valence-electron chi connectivity index (χ3n) is 4.33. The van der Waals surface area contributed by atoms with Crippen molar-refractivity contribution in [3.05, 3.63) is 35.4 Å². The molecule has 0 atom stereocenters. The average Bonchev–Trinajstić information content (AvgIpc) is 2.55. The van der Waals surface area contributed by atoms with E-state index in [0.717, 1.165) is 45.6 Å². The molecule has 1 heterocycles. The summed E-state index contributed by atoms with van der Waals surface area (Å²) in [7, 11) is 0. The quantitative estimate of drug-likeness (QED) is 0.742. The Balaban J connectivity index is 1.64. The van der Waals surface area contributed by atoms with Crippen LogP contribution in [-0.4, -0.2) is 54.5 Å². The standard InChI is InChI=1S/C18H28N4O2/c1-15-5-4-6-16(13-15)14-21-9-11-22(12-10-21)17(23)7-2-3-8-20-18(19)24/h4-6,13H,2-3,7-12,14H2,1H3,(H3,19,20,24). The van der Waals surface area contributed by atoms with Gasteiger partial charge in [-0.2, -0.15) is 0 Å². The van der Waals surface area contributed by atoms with Crippen LogP contribution in [0.15, 0.2) is 24.3 Å². The molecule has 6 heteroatoms. The number of nitrogens with one attached hydrogen (secondary N) is 1. The van der Waals surface area contributed by atoms with Crippen molar-refractivity contribution in [2.24, 2.45) is 5.73 Å². The van der Waals surface area contributed by atoms with Crippen LogP contribution >= 0.6 is 0 Å². The van der Waals surface area contributed by atoms with Crippen LogP contribution in [0.3, 0.4) is 0 Å². The number of primary amides is 1. The normalized spacial score (nSPS) is 15.3. The Labute approximate surface area is 144 Å². The van der Waals surface area contributed by atoms with E-state index >= 15 is 0 Å². The first kappa shape index (κ1) is 18.3. The number of hydrogen-bond donors (Lipinski definition) is 2. The van der Waals surface area contributed by atoms with Gasteiger partial charge in [-0.05, 0) is 25.3 Å². The summed E-state index contributed by atoms with van der Waals surface area (Å²) in [4.78, 5) is 27.1. The van der Waals surface area contributed by atoms with Crippen molar-refractivity contribution in [2.75, 3.05) is 32.7 Å². The number of amides is 3. The van der Waals surface area contributed by atoms with E-state index in [0.29, 0.717) is 13.0 Å². The minimum Gasteiger partial charge on any atom is -0.352 e. The lowest BCUT2D eigenvalue weighted by Gasteiger charge is -2.35. The smallest absolute Gasteiger partial charge is 0.312 e. The SMILES string of the molecule is Cc1cccc(CN2CCN(C(=O)CCCCNC(N)=O)CC2)c1. The van der Waals surface area contributed by atoms with E-state index in [4.69, 9.17) is 5.73 Å². The molecule has 1 saturated heterocycles. The molecule has 1 aliphatic rings. The summed E-state index contributed by atoms with van der Waals surface area (Å²) in [6, 6.07) is 8.07. The summed E-state index contributed by atoms with van der Waals surface area (Å²) in [5, 5.41) is 2.54. The van der Waals surface area contributed by atoms with Crippen molar-refractivity contribution in [1.82, 2.24) is 15.1 Å². The molecule has 0 bridgehead atoms. The molecule has 3 N–H and O–H groups in total. The summed E-state index contributed by atoms with van der Waals surface area (Å²) < 4.78 is 0. The third kappa shape index (κ3) is 6.20. The second-order valence-corrected chi connectivity index (χ2v) is 6.39. The molecule has 1 aliphatic heterocycles. The molecule has 0 radical (unpaired) electrons. The minimum absolute atomic E-state index is 0.212. The van der Waals surface area contributed by atoms with E-state index in [9.17, 15) is 9.59 Å². The maximum absolute atomic E-state index is 12.2. The van der Waals surface area contributed by atoms with Crippen LogP contribution in [0.25, 0.3) is 0 Å². The number of benzene rings is 1. The largest absolute Gasteiger partial charge is 0.352 e. The molecule has 0 aliphatic carbocycles. The Bertz CT molecular complexity index is 554. The van der Waals surface area contributed by atoms with Crippen molar-refractivity contribution in [3.63, 3.8) is 0 Å². The fraction of sp³-hybridized carbons (Fsp3) is 0.556. The van der Waals surface area contributed by atoms with Gasteiger partial charge in [0.2, 0.25) is 5.91 Å². The van der Waals surface area contributed by atoms with E-state index in [1.807, 2.05) is 4.90 Å². The zero-order valence-electron chi connectivity index (χ0n) is 14.5. The second kappa shape index (κ2) is 9.27.